The minimum absolute atomic E-state index is 0.0732. The standard InChI is InChI=1S/C21H25ClN2O5/c1-5-8-29-21-18(27-3)9-14(10-19(21)28-4)13-23-24-20(25)12-15-11-16(26-2)6-7-17(15)22/h6-7,9-11,13H,5,8,12H2,1-4H3,(H,24,25)/b23-13+. The normalized spacial score (nSPS) is 10.7. The van der Waals surface area contributed by atoms with Gasteiger partial charge in [0.2, 0.25) is 11.7 Å². The number of carbonyl (C=O) groups is 1. The molecule has 0 heterocycles. The van der Waals surface area contributed by atoms with Gasteiger partial charge in [-0.05, 0) is 42.3 Å². The fraction of sp³-hybridized carbons (Fsp3) is 0.333. The van der Waals surface area contributed by atoms with E-state index >= 15 is 0 Å². The first-order chi connectivity index (χ1) is 14.0. The molecule has 2 aromatic rings. The zero-order chi connectivity index (χ0) is 21.2. The molecule has 0 saturated carbocycles. The monoisotopic (exact) mass is 420 g/mol. The van der Waals surface area contributed by atoms with Gasteiger partial charge in [-0.2, -0.15) is 5.10 Å². The Morgan fingerprint density at radius 2 is 1.79 bits per heavy atom. The van der Waals surface area contributed by atoms with Crippen LogP contribution >= 0.6 is 11.6 Å². The zero-order valence-corrected chi connectivity index (χ0v) is 17.7. The number of nitrogens with zero attached hydrogens (tertiary/aromatic N) is 1. The topological polar surface area (TPSA) is 78.4 Å². The van der Waals surface area contributed by atoms with Crippen molar-refractivity contribution in [2.45, 2.75) is 19.8 Å². The molecule has 0 bridgehead atoms. The van der Waals surface area contributed by atoms with Crippen molar-refractivity contribution in [3.8, 4) is 23.0 Å². The van der Waals surface area contributed by atoms with E-state index in [9.17, 15) is 4.79 Å². The SMILES string of the molecule is CCCOc1c(OC)cc(/C=N/NC(=O)Cc2cc(OC)ccc2Cl)cc1OC. The maximum absolute atomic E-state index is 12.2. The van der Waals surface area contributed by atoms with E-state index in [-0.39, 0.29) is 12.3 Å². The van der Waals surface area contributed by atoms with Crippen LogP contribution < -0.4 is 24.4 Å². The summed E-state index contributed by atoms with van der Waals surface area (Å²) in [7, 11) is 4.65. The predicted octanol–water partition coefficient (Wildman–Crippen LogP) is 3.85. The lowest BCUT2D eigenvalue weighted by Gasteiger charge is -2.14. The Bertz CT molecular complexity index is 845. The average molecular weight is 421 g/mol. The van der Waals surface area contributed by atoms with Crippen molar-refractivity contribution in [2.24, 2.45) is 5.10 Å². The maximum Gasteiger partial charge on any atom is 0.244 e. The zero-order valence-electron chi connectivity index (χ0n) is 17.0. The van der Waals surface area contributed by atoms with Crippen LogP contribution in [0.1, 0.15) is 24.5 Å². The maximum atomic E-state index is 12.2. The Labute approximate surface area is 175 Å². The van der Waals surface area contributed by atoms with Gasteiger partial charge in [-0.15, -0.1) is 0 Å². The molecular formula is C21H25ClN2O5. The number of carbonyl (C=O) groups excluding carboxylic acids is 1. The molecule has 0 aliphatic carbocycles. The second-order valence-electron chi connectivity index (χ2n) is 6.03. The Balaban J connectivity index is 2.08. The summed E-state index contributed by atoms with van der Waals surface area (Å²) in [5, 5.41) is 4.49. The summed E-state index contributed by atoms with van der Waals surface area (Å²) < 4.78 is 21.6. The molecule has 0 unspecified atom stereocenters. The first kappa shape index (κ1) is 22.4. The molecule has 0 saturated heterocycles. The Morgan fingerprint density at radius 3 is 2.38 bits per heavy atom. The second kappa shape index (κ2) is 11.2. The van der Waals surface area contributed by atoms with Crippen molar-refractivity contribution in [1.82, 2.24) is 5.43 Å². The molecule has 0 spiro atoms. The van der Waals surface area contributed by atoms with Gasteiger partial charge in [0, 0.05) is 10.6 Å². The van der Waals surface area contributed by atoms with Crippen LogP contribution in [0.5, 0.6) is 23.0 Å². The molecule has 2 aromatic carbocycles. The molecule has 8 heteroatoms. The van der Waals surface area contributed by atoms with Crippen molar-refractivity contribution < 1.29 is 23.7 Å². The Hall–Kier alpha value is -2.93. The summed E-state index contributed by atoms with van der Waals surface area (Å²) in [4.78, 5) is 12.2. The minimum Gasteiger partial charge on any atom is -0.497 e. The fourth-order valence-electron chi connectivity index (χ4n) is 2.53. The largest absolute Gasteiger partial charge is 0.497 e. The molecule has 0 aromatic heterocycles. The van der Waals surface area contributed by atoms with E-state index in [1.807, 2.05) is 6.92 Å². The van der Waals surface area contributed by atoms with Crippen molar-refractivity contribution in [1.29, 1.82) is 0 Å². The van der Waals surface area contributed by atoms with Crippen molar-refractivity contribution in [2.75, 3.05) is 27.9 Å². The summed E-state index contributed by atoms with van der Waals surface area (Å²) in [6, 6.07) is 8.64. The van der Waals surface area contributed by atoms with Gasteiger partial charge in [0.15, 0.2) is 11.5 Å². The number of hydrogen-bond donors (Lipinski definition) is 1. The van der Waals surface area contributed by atoms with E-state index in [1.54, 1.807) is 51.7 Å². The molecule has 29 heavy (non-hydrogen) atoms. The first-order valence-corrected chi connectivity index (χ1v) is 9.43. The number of hydrazone groups is 1. The van der Waals surface area contributed by atoms with E-state index < -0.39 is 0 Å². The predicted molar refractivity (Wildman–Crippen MR) is 113 cm³/mol. The van der Waals surface area contributed by atoms with Crippen molar-refractivity contribution in [3.05, 3.63) is 46.5 Å². The first-order valence-electron chi connectivity index (χ1n) is 9.05. The Kier molecular flexibility index (Phi) is 8.61. The third kappa shape index (κ3) is 6.29. The van der Waals surface area contributed by atoms with Gasteiger partial charge in [-0.25, -0.2) is 5.43 Å². The molecule has 7 nitrogen and oxygen atoms in total. The summed E-state index contributed by atoms with van der Waals surface area (Å²) in [6.45, 7) is 2.56. The molecule has 2 rings (SSSR count). The third-order valence-electron chi connectivity index (χ3n) is 3.94. The van der Waals surface area contributed by atoms with Crippen LogP contribution in [0.3, 0.4) is 0 Å². The molecular weight excluding hydrogens is 396 g/mol. The van der Waals surface area contributed by atoms with Crippen LogP contribution in [0.2, 0.25) is 5.02 Å². The van der Waals surface area contributed by atoms with Crippen LogP contribution in [0.25, 0.3) is 0 Å². The molecule has 1 N–H and O–H groups in total. The average Bonchev–Trinajstić information content (AvgIpc) is 2.73. The lowest BCUT2D eigenvalue weighted by Crippen LogP contribution is -2.20. The highest BCUT2D eigenvalue weighted by Gasteiger charge is 2.14. The van der Waals surface area contributed by atoms with Crippen molar-refractivity contribution in [3.63, 3.8) is 0 Å². The number of benzene rings is 2. The van der Waals surface area contributed by atoms with E-state index in [0.717, 1.165) is 6.42 Å². The molecule has 0 atom stereocenters. The molecule has 0 fully saturated rings. The number of nitrogens with one attached hydrogen (secondary N) is 1. The molecule has 0 aliphatic heterocycles. The lowest BCUT2D eigenvalue weighted by molar-refractivity contribution is -0.120. The van der Waals surface area contributed by atoms with Gasteiger partial charge in [0.25, 0.3) is 0 Å². The number of amides is 1. The van der Waals surface area contributed by atoms with Gasteiger partial charge >= 0.3 is 0 Å². The summed E-state index contributed by atoms with van der Waals surface area (Å²) in [5.41, 5.74) is 3.82. The highest BCUT2D eigenvalue weighted by molar-refractivity contribution is 6.31. The lowest BCUT2D eigenvalue weighted by atomic mass is 10.1. The highest BCUT2D eigenvalue weighted by Crippen LogP contribution is 2.38. The van der Waals surface area contributed by atoms with Gasteiger partial charge in [-0.3, -0.25) is 4.79 Å². The molecule has 1 amide bonds. The van der Waals surface area contributed by atoms with Crippen LogP contribution in [-0.4, -0.2) is 40.1 Å². The number of methoxy groups -OCH3 is 3. The Morgan fingerprint density at radius 1 is 1.10 bits per heavy atom. The van der Waals surface area contributed by atoms with Crippen molar-refractivity contribution >= 4 is 23.7 Å². The minimum atomic E-state index is -0.307. The number of halogens is 1. The number of rotatable bonds is 10. The van der Waals surface area contributed by atoms with Gasteiger partial charge in [-0.1, -0.05) is 18.5 Å². The van der Waals surface area contributed by atoms with Crippen LogP contribution in [0.15, 0.2) is 35.4 Å². The number of hydrogen-bond acceptors (Lipinski definition) is 6. The van der Waals surface area contributed by atoms with Gasteiger partial charge < -0.3 is 18.9 Å². The highest BCUT2D eigenvalue weighted by atomic mass is 35.5. The van der Waals surface area contributed by atoms with Crippen LogP contribution in [-0.2, 0) is 11.2 Å². The second-order valence-corrected chi connectivity index (χ2v) is 6.44. The molecule has 0 aliphatic rings. The van der Waals surface area contributed by atoms with E-state index in [2.05, 4.69) is 10.5 Å². The van der Waals surface area contributed by atoms with Gasteiger partial charge in [0.05, 0.1) is 40.6 Å². The third-order valence-corrected chi connectivity index (χ3v) is 4.31. The summed E-state index contributed by atoms with van der Waals surface area (Å²) >= 11 is 6.13. The molecule has 156 valence electrons. The number of ether oxygens (including phenoxy) is 4. The van der Waals surface area contributed by atoms with Crippen LogP contribution in [0, 0.1) is 0 Å². The van der Waals surface area contributed by atoms with E-state index in [1.165, 1.54) is 6.21 Å². The van der Waals surface area contributed by atoms with Gasteiger partial charge in [0.1, 0.15) is 5.75 Å². The molecule has 0 radical (unpaired) electrons. The smallest absolute Gasteiger partial charge is 0.244 e. The van der Waals surface area contributed by atoms with E-state index in [4.69, 9.17) is 30.5 Å². The fourth-order valence-corrected chi connectivity index (χ4v) is 2.71. The summed E-state index contributed by atoms with van der Waals surface area (Å²) in [6.07, 6.45) is 2.43. The quantitative estimate of drug-likeness (QED) is 0.466. The summed E-state index contributed by atoms with van der Waals surface area (Å²) in [5.74, 6) is 1.90. The van der Waals surface area contributed by atoms with E-state index in [0.29, 0.717) is 45.8 Å². The van der Waals surface area contributed by atoms with Crippen LogP contribution in [0.4, 0.5) is 0 Å².